The van der Waals surface area contributed by atoms with Crippen molar-refractivity contribution in [3.8, 4) is 0 Å². The van der Waals surface area contributed by atoms with Crippen molar-refractivity contribution in [2.75, 3.05) is 119 Å². The molecule has 15 unspecified atom stereocenters. The van der Waals surface area contributed by atoms with Crippen molar-refractivity contribution >= 4 is 48.9 Å². The summed E-state index contributed by atoms with van der Waals surface area (Å²) in [6.45, 7) is 1.80. The number of carbonyl (C=O) groups is 7. The standard InChI is InChI=1S/C58H99N8O28P/c1-33(30-67)91-58(48(55(81)82)65-36(4)72)90-25-22-86-18-15-60-45(74)29-66(28-44(73)59-14-17-85-20-23-88-56-46(63-34(2)70)51(77)49(75)42(31-68)92-56)41(26-37-6-8-38(9-7-37)27-62-53(79)39-10-12-40(13-11-39)94-95(5,83)84)54(80)61-16-19-87-21-24-89-57-47(64-35(3)71)52(78)50(76)43(32-69)93-57/h6-9,33,39-43,46-52,55-58,67-69,75-78,81-82H,10-32H2,1-5H3,(H,59,73)(H,60,74)(H,61,80)(H,62,79)(H,63,70)(H,64,71)(H,65,72)(H,83,84)/p-1. The van der Waals surface area contributed by atoms with Crippen LogP contribution in [-0.2, 0) is 98.2 Å². The largest absolute Gasteiger partial charge is 0.779 e. The minimum atomic E-state index is -3.94. The molecule has 36 nitrogen and oxygen atoms in total. The van der Waals surface area contributed by atoms with Gasteiger partial charge in [0, 0.05) is 59.5 Å². The molecule has 2 heterocycles. The van der Waals surface area contributed by atoms with E-state index >= 15 is 0 Å². The summed E-state index contributed by atoms with van der Waals surface area (Å²) >= 11 is 0. The van der Waals surface area contributed by atoms with Crippen molar-refractivity contribution in [3.63, 3.8) is 0 Å². The van der Waals surface area contributed by atoms with Gasteiger partial charge in [-0.25, -0.2) is 0 Å². The lowest BCUT2D eigenvalue weighted by atomic mass is 9.87. The molecule has 3 fully saturated rings. The molecule has 16 N–H and O–H groups in total. The molecule has 3 aliphatic rings. The van der Waals surface area contributed by atoms with Gasteiger partial charge in [0.25, 0.3) is 0 Å². The molecule has 1 aliphatic carbocycles. The number of amides is 7. The highest BCUT2D eigenvalue weighted by Crippen LogP contribution is 2.39. The van der Waals surface area contributed by atoms with Crippen LogP contribution in [0.15, 0.2) is 24.3 Å². The first-order valence-corrected chi connectivity index (χ1v) is 33.3. The number of carbonyl (C=O) groups excluding carboxylic acids is 7. The predicted octanol–water partition coefficient (Wildman–Crippen LogP) is -7.85. The Hall–Kier alpha value is -5.10. The van der Waals surface area contributed by atoms with E-state index in [1.807, 2.05) is 0 Å². The van der Waals surface area contributed by atoms with Gasteiger partial charge in [0.2, 0.25) is 41.4 Å². The van der Waals surface area contributed by atoms with Crippen LogP contribution in [0.2, 0.25) is 0 Å². The number of benzene rings is 1. The quantitative estimate of drug-likeness (QED) is 0.0164. The Balaban J connectivity index is 1.48. The van der Waals surface area contributed by atoms with E-state index in [2.05, 4.69) is 37.2 Å². The van der Waals surface area contributed by atoms with Crippen molar-refractivity contribution in [2.45, 2.75) is 165 Å². The summed E-state index contributed by atoms with van der Waals surface area (Å²) in [5.41, 5.74) is 1.25. The van der Waals surface area contributed by atoms with Crippen molar-refractivity contribution in [3.05, 3.63) is 35.4 Å². The molecule has 37 heteroatoms. The lowest BCUT2D eigenvalue weighted by molar-refractivity contribution is -0.272. The Labute approximate surface area is 550 Å². The molecule has 1 aromatic rings. The van der Waals surface area contributed by atoms with E-state index in [-0.39, 0.29) is 104 Å². The molecule has 0 spiro atoms. The Kier molecular flexibility index (Phi) is 37.6. The highest BCUT2D eigenvalue weighted by atomic mass is 31.2. The van der Waals surface area contributed by atoms with Crippen molar-refractivity contribution < 1.29 is 136 Å². The number of aliphatic hydroxyl groups is 9. The molecular formula is C58H98N8O28P-. The van der Waals surface area contributed by atoms with Crippen LogP contribution < -0.4 is 42.1 Å². The minimum absolute atomic E-state index is 0.0854. The Morgan fingerprint density at radius 2 is 1.12 bits per heavy atom. The zero-order valence-electron chi connectivity index (χ0n) is 54.1. The van der Waals surface area contributed by atoms with Crippen LogP contribution in [0.1, 0.15) is 64.5 Å². The van der Waals surface area contributed by atoms with E-state index in [1.165, 1.54) is 25.7 Å². The zero-order chi connectivity index (χ0) is 70.2. The maximum Gasteiger partial charge on any atom is 0.237 e. The Morgan fingerprint density at radius 1 is 0.642 bits per heavy atom. The van der Waals surface area contributed by atoms with Gasteiger partial charge in [0.05, 0.1) is 111 Å². The molecule has 1 aromatic carbocycles. The van der Waals surface area contributed by atoms with Crippen LogP contribution >= 0.6 is 7.60 Å². The zero-order valence-corrected chi connectivity index (χ0v) is 55.0. The average molecular weight is 1390 g/mol. The highest BCUT2D eigenvalue weighted by Gasteiger charge is 2.47. The first-order chi connectivity index (χ1) is 45.1. The van der Waals surface area contributed by atoms with E-state index in [0.29, 0.717) is 36.8 Å². The Bertz CT molecular complexity index is 2520. The minimum Gasteiger partial charge on any atom is -0.779 e. The number of nitrogens with zero attached hydrogens (tertiary/aromatic N) is 1. The summed E-state index contributed by atoms with van der Waals surface area (Å²) in [4.78, 5) is 104. The number of hydrogen-bond donors (Lipinski definition) is 16. The second kappa shape index (κ2) is 43.3. The van der Waals surface area contributed by atoms with E-state index in [1.54, 1.807) is 24.3 Å². The first-order valence-electron chi connectivity index (χ1n) is 31.3. The van der Waals surface area contributed by atoms with Crippen molar-refractivity contribution in [2.24, 2.45) is 5.92 Å². The summed E-state index contributed by atoms with van der Waals surface area (Å²) < 4.78 is 67.5. The average Bonchev–Trinajstić information content (AvgIpc) is 0.825. The van der Waals surface area contributed by atoms with Crippen LogP contribution in [0, 0.1) is 5.92 Å². The molecule has 0 radical (unpaired) electrons. The molecule has 544 valence electrons. The topological polar surface area (TPSA) is 521 Å². The number of nitrogens with one attached hydrogen (secondary N) is 7. The molecule has 4 rings (SSSR count). The van der Waals surface area contributed by atoms with Gasteiger partial charge < -0.3 is 140 Å². The summed E-state index contributed by atoms with van der Waals surface area (Å²) in [6, 6.07) is 1.78. The SMILES string of the molecule is CC(=O)NC(C(O)O)C(OCCOCCNC(=O)CN(CC(=O)NCCOCCOC1OC(CO)C(O)C(O)C1NC(C)=O)C(Cc1ccc(CNC(=O)C2CCC(OP(C)(=O)[O-])CC2)cc1)C(=O)NCCOCCOC1OC(CO)C(O)C(O)C1NC(C)=O)OC(C)CO. The fourth-order valence-corrected chi connectivity index (χ4v) is 11.1. The van der Waals surface area contributed by atoms with Gasteiger partial charge in [0.1, 0.15) is 62.3 Å². The van der Waals surface area contributed by atoms with Crippen molar-refractivity contribution in [1.82, 2.24) is 42.1 Å². The number of hydrogen-bond acceptors (Lipinski definition) is 29. The number of aliphatic hydroxyl groups excluding tert-OH is 8. The molecule has 0 bridgehead atoms. The van der Waals surface area contributed by atoms with Crippen LogP contribution in [0.25, 0.3) is 0 Å². The summed E-state index contributed by atoms with van der Waals surface area (Å²) in [6.07, 6.45) is -14.4. The third-order valence-corrected chi connectivity index (χ3v) is 15.7. The summed E-state index contributed by atoms with van der Waals surface area (Å²) in [5.74, 6) is -4.25. The fourth-order valence-electron chi connectivity index (χ4n) is 10.3. The molecule has 95 heavy (non-hydrogen) atoms. The third kappa shape index (κ3) is 30.3. The van der Waals surface area contributed by atoms with Crippen LogP contribution in [-0.4, -0.2) is 309 Å². The summed E-state index contributed by atoms with van der Waals surface area (Å²) in [5, 5.41) is 109. The lowest BCUT2D eigenvalue weighted by Crippen LogP contribution is -2.64. The van der Waals surface area contributed by atoms with Crippen LogP contribution in [0.3, 0.4) is 0 Å². The monoisotopic (exact) mass is 1390 g/mol. The van der Waals surface area contributed by atoms with Crippen molar-refractivity contribution in [1.29, 1.82) is 0 Å². The van der Waals surface area contributed by atoms with Gasteiger partial charge in [-0.1, -0.05) is 24.3 Å². The smallest absolute Gasteiger partial charge is 0.237 e. The van der Waals surface area contributed by atoms with E-state index in [4.69, 9.17) is 47.2 Å². The maximum absolute atomic E-state index is 14.5. The van der Waals surface area contributed by atoms with Gasteiger partial charge >= 0.3 is 0 Å². The van der Waals surface area contributed by atoms with E-state index in [9.17, 15) is 89.0 Å². The second-order valence-corrected chi connectivity index (χ2v) is 24.7. The van der Waals surface area contributed by atoms with E-state index < -0.39 is 174 Å². The Morgan fingerprint density at radius 3 is 1.56 bits per heavy atom. The van der Waals surface area contributed by atoms with Gasteiger partial charge in [0.15, 0.2) is 25.2 Å². The molecule has 15 atom stereocenters. The molecule has 7 amide bonds. The molecule has 0 aromatic heterocycles. The molecule has 2 aliphatic heterocycles. The normalized spacial score (nSPS) is 25.7. The van der Waals surface area contributed by atoms with Gasteiger partial charge in [-0.05, 0) is 50.2 Å². The second-order valence-electron chi connectivity index (χ2n) is 23.0. The van der Waals surface area contributed by atoms with Gasteiger partial charge in [-0.3, -0.25) is 38.5 Å². The first kappa shape index (κ1) is 82.3. The van der Waals surface area contributed by atoms with Crippen LogP contribution in [0.4, 0.5) is 0 Å². The lowest BCUT2D eigenvalue weighted by Gasteiger charge is -2.42. The third-order valence-electron chi connectivity index (χ3n) is 15.1. The molecule has 2 saturated heterocycles. The summed E-state index contributed by atoms with van der Waals surface area (Å²) in [7, 11) is -3.94. The van der Waals surface area contributed by atoms with Gasteiger partial charge in [-0.15, -0.1) is 0 Å². The maximum atomic E-state index is 14.5. The molecule has 1 saturated carbocycles. The number of rotatable bonds is 44. The van der Waals surface area contributed by atoms with E-state index in [0.717, 1.165) is 13.6 Å². The highest BCUT2D eigenvalue weighted by molar-refractivity contribution is 7.50. The predicted molar refractivity (Wildman–Crippen MR) is 325 cm³/mol. The molecular weight excluding hydrogens is 1290 g/mol. The fraction of sp³-hybridized carbons (Fsp3) is 0.776. The van der Waals surface area contributed by atoms with Crippen LogP contribution in [0.5, 0.6) is 0 Å². The van der Waals surface area contributed by atoms with Gasteiger partial charge in [-0.2, -0.15) is 0 Å². The number of ether oxygens (including phenoxy) is 9.